The highest BCUT2D eigenvalue weighted by atomic mass is 19.1. The highest BCUT2D eigenvalue weighted by molar-refractivity contribution is 5.95. The zero-order valence-electron chi connectivity index (χ0n) is 21.5. The number of nitrogens with one attached hydrogen (secondary N) is 1. The van der Waals surface area contributed by atoms with Gasteiger partial charge in [-0.25, -0.2) is 14.0 Å². The number of aryl methyl sites for hydroxylation is 1. The summed E-state index contributed by atoms with van der Waals surface area (Å²) >= 11 is 0. The van der Waals surface area contributed by atoms with Crippen molar-refractivity contribution in [1.82, 2.24) is 20.0 Å². The fraction of sp³-hybridized carbons (Fsp3) is 0.393. The Labute approximate surface area is 216 Å². The minimum absolute atomic E-state index is 0.0630. The molecular weight excluding hydrogens is 475 g/mol. The van der Waals surface area contributed by atoms with Crippen LogP contribution in [-0.2, 0) is 9.53 Å². The second-order valence-corrected chi connectivity index (χ2v) is 9.28. The predicted octanol–water partition coefficient (Wildman–Crippen LogP) is 3.50. The standard InChI is InChI=1S/C28H33FN4O4/c1-4-37-27(35)24-23(31(3)28(36)30-25(24)20-11-6-5-10-19(20)2)18-32-14-9-15-33(17-16-32)26(34)21-12-7-8-13-22(21)29/h5-8,10-13,25H,4,9,14-18H2,1-3H3,(H,30,36)/t25-/m1/s1. The number of hydrogen-bond acceptors (Lipinski definition) is 5. The van der Waals surface area contributed by atoms with Crippen molar-refractivity contribution in [1.29, 1.82) is 0 Å². The van der Waals surface area contributed by atoms with Crippen LogP contribution < -0.4 is 5.32 Å². The fourth-order valence-corrected chi connectivity index (χ4v) is 4.89. The lowest BCUT2D eigenvalue weighted by Gasteiger charge is -2.37. The summed E-state index contributed by atoms with van der Waals surface area (Å²) in [5.74, 6) is -1.33. The topological polar surface area (TPSA) is 82.2 Å². The molecule has 9 heteroatoms. The molecule has 196 valence electrons. The summed E-state index contributed by atoms with van der Waals surface area (Å²) in [5, 5.41) is 2.96. The van der Waals surface area contributed by atoms with Gasteiger partial charge in [0.15, 0.2) is 0 Å². The van der Waals surface area contributed by atoms with Gasteiger partial charge in [-0.05, 0) is 43.5 Å². The lowest BCUT2D eigenvalue weighted by atomic mass is 9.91. The quantitative estimate of drug-likeness (QED) is 0.604. The first-order chi connectivity index (χ1) is 17.8. The van der Waals surface area contributed by atoms with Gasteiger partial charge in [-0.1, -0.05) is 36.4 Å². The van der Waals surface area contributed by atoms with E-state index in [0.717, 1.165) is 11.1 Å². The Morgan fingerprint density at radius 1 is 1.05 bits per heavy atom. The number of nitrogens with zero attached hydrogens (tertiary/aromatic N) is 3. The van der Waals surface area contributed by atoms with E-state index < -0.39 is 17.8 Å². The second kappa shape index (κ2) is 11.6. The van der Waals surface area contributed by atoms with E-state index in [0.29, 0.717) is 50.4 Å². The molecule has 2 aromatic rings. The Bertz CT molecular complexity index is 1210. The van der Waals surface area contributed by atoms with E-state index in [1.165, 1.54) is 17.0 Å². The second-order valence-electron chi connectivity index (χ2n) is 9.28. The van der Waals surface area contributed by atoms with Crippen LogP contribution in [0.3, 0.4) is 0 Å². The third-order valence-corrected chi connectivity index (χ3v) is 6.93. The van der Waals surface area contributed by atoms with Gasteiger partial charge in [-0.15, -0.1) is 0 Å². The monoisotopic (exact) mass is 508 g/mol. The number of amides is 3. The third kappa shape index (κ3) is 5.67. The van der Waals surface area contributed by atoms with Crippen molar-refractivity contribution in [2.24, 2.45) is 0 Å². The molecule has 8 nitrogen and oxygen atoms in total. The van der Waals surface area contributed by atoms with Gasteiger partial charge in [0, 0.05) is 45.5 Å². The van der Waals surface area contributed by atoms with Crippen molar-refractivity contribution in [2.45, 2.75) is 26.3 Å². The maximum atomic E-state index is 14.2. The Balaban J connectivity index is 1.61. The Morgan fingerprint density at radius 2 is 1.78 bits per heavy atom. The van der Waals surface area contributed by atoms with Crippen molar-refractivity contribution in [3.63, 3.8) is 0 Å². The van der Waals surface area contributed by atoms with Gasteiger partial charge in [0.1, 0.15) is 5.82 Å². The fourth-order valence-electron chi connectivity index (χ4n) is 4.89. The number of ether oxygens (including phenoxy) is 1. The average Bonchev–Trinajstić information content (AvgIpc) is 3.12. The molecule has 0 saturated carbocycles. The average molecular weight is 509 g/mol. The molecular formula is C28H33FN4O4. The van der Waals surface area contributed by atoms with E-state index in [1.807, 2.05) is 31.2 Å². The highest BCUT2D eigenvalue weighted by Crippen LogP contribution is 2.33. The van der Waals surface area contributed by atoms with E-state index >= 15 is 0 Å². The summed E-state index contributed by atoms with van der Waals surface area (Å²) in [6.07, 6.45) is 0.680. The molecule has 1 N–H and O–H groups in total. The van der Waals surface area contributed by atoms with Crippen LogP contribution in [0.25, 0.3) is 0 Å². The van der Waals surface area contributed by atoms with Crippen molar-refractivity contribution in [3.8, 4) is 0 Å². The summed E-state index contributed by atoms with van der Waals surface area (Å²) in [6, 6.07) is 12.7. The predicted molar refractivity (Wildman–Crippen MR) is 137 cm³/mol. The van der Waals surface area contributed by atoms with Gasteiger partial charge in [0.05, 0.1) is 23.8 Å². The molecule has 0 bridgehead atoms. The number of benzene rings is 2. The minimum atomic E-state index is -0.634. The maximum Gasteiger partial charge on any atom is 0.338 e. The van der Waals surface area contributed by atoms with Crippen LogP contribution in [0.15, 0.2) is 59.8 Å². The number of hydrogen-bond donors (Lipinski definition) is 1. The Morgan fingerprint density at radius 3 is 2.51 bits per heavy atom. The number of rotatable bonds is 6. The molecule has 1 atom stereocenters. The summed E-state index contributed by atoms with van der Waals surface area (Å²) < 4.78 is 19.6. The Hall–Kier alpha value is -3.72. The zero-order valence-corrected chi connectivity index (χ0v) is 21.5. The number of esters is 1. The van der Waals surface area contributed by atoms with E-state index in [2.05, 4.69) is 10.2 Å². The molecule has 1 saturated heterocycles. The minimum Gasteiger partial charge on any atom is -0.463 e. The molecule has 0 aliphatic carbocycles. The zero-order chi connectivity index (χ0) is 26.5. The smallest absolute Gasteiger partial charge is 0.338 e. The van der Waals surface area contributed by atoms with E-state index in [-0.39, 0.29) is 24.1 Å². The molecule has 2 aliphatic heterocycles. The number of carbonyl (C=O) groups excluding carboxylic acids is 3. The summed E-state index contributed by atoms with van der Waals surface area (Å²) in [4.78, 5) is 44.4. The van der Waals surface area contributed by atoms with Crippen molar-refractivity contribution >= 4 is 17.9 Å². The molecule has 1 fully saturated rings. The lowest BCUT2D eigenvalue weighted by Crippen LogP contribution is -2.49. The van der Waals surface area contributed by atoms with Crippen LogP contribution in [-0.4, -0.2) is 79.0 Å². The van der Waals surface area contributed by atoms with Crippen molar-refractivity contribution in [2.75, 3.05) is 46.4 Å². The summed E-state index contributed by atoms with van der Waals surface area (Å²) in [7, 11) is 1.64. The third-order valence-electron chi connectivity index (χ3n) is 6.93. The number of urea groups is 1. The van der Waals surface area contributed by atoms with Gasteiger partial charge in [0.2, 0.25) is 0 Å². The first-order valence-corrected chi connectivity index (χ1v) is 12.6. The SMILES string of the molecule is CCOC(=O)C1=C(CN2CCCN(C(=O)c3ccccc3F)CC2)N(C)C(=O)N[C@@H]1c1ccccc1C. The van der Waals surface area contributed by atoms with Crippen LogP contribution >= 0.6 is 0 Å². The van der Waals surface area contributed by atoms with Crippen LogP contribution in [0, 0.1) is 12.7 Å². The highest BCUT2D eigenvalue weighted by Gasteiger charge is 2.38. The normalized spacial score (nSPS) is 18.9. The molecule has 37 heavy (non-hydrogen) atoms. The molecule has 0 radical (unpaired) electrons. The molecule has 2 aromatic carbocycles. The van der Waals surface area contributed by atoms with Crippen molar-refractivity contribution in [3.05, 3.63) is 82.3 Å². The molecule has 3 amide bonds. The number of likely N-dealkylation sites (N-methyl/N-ethyl adjacent to an activating group) is 1. The van der Waals surface area contributed by atoms with Crippen LogP contribution in [0.5, 0.6) is 0 Å². The van der Waals surface area contributed by atoms with Crippen LogP contribution in [0.1, 0.15) is 40.9 Å². The number of halogens is 1. The first-order valence-electron chi connectivity index (χ1n) is 12.6. The molecule has 2 aliphatic rings. The lowest BCUT2D eigenvalue weighted by molar-refractivity contribution is -0.139. The van der Waals surface area contributed by atoms with E-state index in [4.69, 9.17) is 4.74 Å². The van der Waals surface area contributed by atoms with Crippen LogP contribution in [0.2, 0.25) is 0 Å². The molecule has 2 heterocycles. The van der Waals surface area contributed by atoms with Gasteiger partial charge >= 0.3 is 12.0 Å². The summed E-state index contributed by atoms with van der Waals surface area (Å²) in [6.45, 7) is 6.32. The maximum absolute atomic E-state index is 14.2. The van der Waals surface area contributed by atoms with E-state index in [1.54, 1.807) is 31.0 Å². The van der Waals surface area contributed by atoms with Crippen molar-refractivity contribution < 1.29 is 23.5 Å². The first kappa shape index (κ1) is 26.3. The molecule has 0 spiro atoms. The Kier molecular flexibility index (Phi) is 8.23. The molecule has 0 unspecified atom stereocenters. The largest absolute Gasteiger partial charge is 0.463 e. The van der Waals surface area contributed by atoms with Gasteiger partial charge in [-0.3, -0.25) is 14.6 Å². The molecule has 4 rings (SSSR count). The van der Waals surface area contributed by atoms with Gasteiger partial charge < -0.3 is 15.0 Å². The van der Waals surface area contributed by atoms with Gasteiger partial charge in [-0.2, -0.15) is 0 Å². The number of carbonyl (C=O) groups is 3. The van der Waals surface area contributed by atoms with Crippen LogP contribution in [0.4, 0.5) is 9.18 Å². The molecule has 0 aromatic heterocycles. The van der Waals surface area contributed by atoms with E-state index in [9.17, 15) is 18.8 Å². The summed E-state index contributed by atoms with van der Waals surface area (Å²) in [5.41, 5.74) is 2.83. The van der Waals surface area contributed by atoms with Gasteiger partial charge in [0.25, 0.3) is 5.91 Å².